The number of guanidine groups is 1. The number of ether oxygens (including phenoxy) is 2. The molecule has 9 N–H and O–H groups in total. The minimum absolute atomic E-state index is 0.180. The molecule has 1 rings (SSSR count). The molecule has 0 aliphatic carbocycles. The molecule has 0 aromatic heterocycles. The van der Waals surface area contributed by atoms with Crippen molar-refractivity contribution in [3.63, 3.8) is 0 Å². The van der Waals surface area contributed by atoms with Crippen molar-refractivity contribution < 1.29 is 62.2 Å². The highest BCUT2D eigenvalue weighted by atomic mass is 19.4. The third-order valence-corrected chi connectivity index (χ3v) is 5.06. The minimum atomic E-state index is -5.08. The van der Waals surface area contributed by atoms with Crippen LogP contribution in [0.1, 0.15) is 52.4 Å². The highest BCUT2D eigenvalue weighted by molar-refractivity contribution is 5.85. The Hall–Kier alpha value is -3.60. The van der Waals surface area contributed by atoms with E-state index in [4.69, 9.17) is 30.8 Å². The Morgan fingerprint density at radius 1 is 1.13 bits per heavy atom. The van der Waals surface area contributed by atoms with Gasteiger partial charge >= 0.3 is 24.1 Å². The summed E-state index contributed by atoms with van der Waals surface area (Å²) in [6.07, 6.45) is -3.88. The number of amides is 1. The number of carboxylic acids is 2. The average Bonchev–Trinajstić information content (AvgIpc) is 2.81. The second-order valence-electron chi connectivity index (χ2n) is 8.40. The molecule has 5 atom stereocenters. The summed E-state index contributed by atoms with van der Waals surface area (Å²) in [5.74, 6) is -6.21. The number of aliphatic imine (C=N–C) groups is 1. The number of rotatable bonds is 13. The summed E-state index contributed by atoms with van der Waals surface area (Å²) >= 11 is 0. The summed E-state index contributed by atoms with van der Waals surface area (Å²) in [7, 11) is 0. The predicted molar refractivity (Wildman–Crippen MR) is 128 cm³/mol. The summed E-state index contributed by atoms with van der Waals surface area (Å²) < 4.78 is 42.1. The molecule has 0 saturated carbocycles. The van der Waals surface area contributed by atoms with Gasteiger partial charge in [-0.25, -0.2) is 14.6 Å². The van der Waals surface area contributed by atoms with E-state index in [2.05, 4.69) is 17.2 Å². The largest absolute Gasteiger partial charge is 0.490 e. The van der Waals surface area contributed by atoms with E-state index in [9.17, 15) is 42.9 Å². The van der Waals surface area contributed by atoms with E-state index in [0.717, 1.165) is 31.8 Å². The monoisotopic (exact) mass is 572 g/mol. The van der Waals surface area contributed by atoms with Gasteiger partial charge in [-0.05, 0) is 12.5 Å². The quantitative estimate of drug-likeness (QED) is 0.0654. The maximum Gasteiger partial charge on any atom is 0.490 e. The number of aliphatic hydroxyl groups excluding tert-OH is 2. The maximum atomic E-state index is 11.9. The van der Waals surface area contributed by atoms with Gasteiger partial charge in [-0.1, -0.05) is 32.6 Å². The molecule has 1 heterocycles. The molecule has 1 amide bonds. The number of hydrogen-bond donors (Lipinski definition) is 7. The number of aliphatic hydroxyl groups is 2. The standard InChI is InChI=1S/C20H34N4O8.C2HF3O2/c1-3-4-5-6-7-8-15(27)31-10-13(26)17(28)18-16(23-11(2)25)12(24-20(21)22)9-14(32-18)19(29)30;3-2(4,5)1(6)7/h9,12-13,16-18,26,28H,3-8,10H2,1-2H3,(H,23,25)(H,29,30)(H4,21,22,24);(H,6,7)/t12?,13?,16?,17?,18-;/m1./s1. The molecule has 0 fully saturated rings. The summed E-state index contributed by atoms with van der Waals surface area (Å²) in [5, 5.41) is 39.9. The van der Waals surface area contributed by atoms with Gasteiger partial charge in [-0.2, -0.15) is 13.2 Å². The molecule has 0 aromatic carbocycles. The first-order chi connectivity index (χ1) is 18.0. The first-order valence-corrected chi connectivity index (χ1v) is 11.8. The summed E-state index contributed by atoms with van der Waals surface area (Å²) in [4.78, 5) is 47.7. The van der Waals surface area contributed by atoms with Gasteiger partial charge in [0, 0.05) is 13.3 Å². The van der Waals surface area contributed by atoms with Crippen molar-refractivity contribution in [1.82, 2.24) is 5.32 Å². The minimum Gasteiger partial charge on any atom is -0.478 e. The van der Waals surface area contributed by atoms with Gasteiger partial charge in [0.1, 0.15) is 24.9 Å². The number of hydrogen-bond acceptors (Lipinski definition) is 9. The fourth-order valence-corrected chi connectivity index (χ4v) is 3.25. The molecule has 0 radical (unpaired) electrons. The molecule has 224 valence electrons. The molecular formula is C22H35F3N4O10. The number of nitrogens with two attached hydrogens (primary N) is 2. The van der Waals surface area contributed by atoms with Crippen molar-refractivity contribution in [3.05, 3.63) is 11.8 Å². The molecule has 0 saturated heterocycles. The van der Waals surface area contributed by atoms with Crippen LogP contribution in [0.4, 0.5) is 13.2 Å². The number of nitrogens with one attached hydrogen (secondary N) is 1. The summed E-state index contributed by atoms with van der Waals surface area (Å²) in [5.41, 5.74) is 10.8. The Balaban J connectivity index is 0.00000181. The third-order valence-electron chi connectivity index (χ3n) is 5.06. The number of aliphatic carboxylic acids is 2. The van der Waals surface area contributed by atoms with Crippen LogP contribution in [-0.2, 0) is 28.7 Å². The number of unbranched alkanes of at least 4 members (excludes halogenated alkanes) is 4. The Bertz CT molecular complexity index is 894. The van der Waals surface area contributed by atoms with Crippen LogP contribution in [-0.4, -0.2) is 93.4 Å². The van der Waals surface area contributed by atoms with Crippen molar-refractivity contribution in [2.75, 3.05) is 6.61 Å². The van der Waals surface area contributed by atoms with Crippen molar-refractivity contribution in [2.24, 2.45) is 16.5 Å². The van der Waals surface area contributed by atoms with Crippen molar-refractivity contribution in [3.8, 4) is 0 Å². The lowest BCUT2D eigenvalue weighted by atomic mass is 9.92. The SMILES string of the molecule is CCCCCCCC(=O)OCC(O)C(O)[C@@H]1OC(C(=O)O)=CC(N=C(N)N)C1NC(C)=O.O=C(O)C(F)(F)F. The lowest BCUT2D eigenvalue weighted by Crippen LogP contribution is -2.60. The lowest BCUT2D eigenvalue weighted by Gasteiger charge is -2.38. The molecule has 39 heavy (non-hydrogen) atoms. The summed E-state index contributed by atoms with van der Waals surface area (Å²) in [6, 6.07) is -2.18. The van der Waals surface area contributed by atoms with Crippen molar-refractivity contribution in [1.29, 1.82) is 0 Å². The topological polar surface area (TPSA) is 244 Å². The van der Waals surface area contributed by atoms with Gasteiger partial charge in [0.05, 0.1) is 12.1 Å². The highest BCUT2D eigenvalue weighted by Crippen LogP contribution is 2.25. The Morgan fingerprint density at radius 2 is 1.69 bits per heavy atom. The predicted octanol–water partition coefficient (Wildman–Crippen LogP) is -0.241. The fraction of sp³-hybridized carbons (Fsp3) is 0.682. The van der Waals surface area contributed by atoms with Gasteiger partial charge in [0.15, 0.2) is 5.96 Å². The Kier molecular flexibility index (Phi) is 15.5. The average molecular weight is 573 g/mol. The second-order valence-corrected chi connectivity index (χ2v) is 8.40. The fourth-order valence-electron chi connectivity index (χ4n) is 3.25. The number of carbonyl (C=O) groups is 4. The van der Waals surface area contributed by atoms with Crippen molar-refractivity contribution >= 4 is 29.8 Å². The van der Waals surface area contributed by atoms with E-state index >= 15 is 0 Å². The van der Waals surface area contributed by atoms with E-state index in [1.165, 1.54) is 6.92 Å². The smallest absolute Gasteiger partial charge is 0.478 e. The number of carbonyl (C=O) groups excluding carboxylic acids is 2. The number of carboxylic acid groups (broad SMARTS) is 2. The molecule has 0 spiro atoms. The van der Waals surface area contributed by atoms with Crippen LogP contribution in [0.25, 0.3) is 0 Å². The Labute approximate surface area is 221 Å². The molecular weight excluding hydrogens is 537 g/mol. The van der Waals surface area contributed by atoms with Crippen LogP contribution in [0.5, 0.6) is 0 Å². The maximum absolute atomic E-state index is 11.9. The zero-order chi connectivity index (χ0) is 30.3. The first-order valence-electron chi connectivity index (χ1n) is 11.8. The van der Waals surface area contributed by atoms with Gasteiger partial charge in [0.25, 0.3) is 0 Å². The van der Waals surface area contributed by atoms with Gasteiger partial charge in [-0.3, -0.25) is 9.59 Å². The van der Waals surface area contributed by atoms with Crippen LogP contribution in [0.15, 0.2) is 16.8 Å². The van der Waals surface area contributed by atoms with E-state index in [-0.39, 0.29) is 12.4 Å². The molecule has 1 aliphatic heterocycles. The number of alkyl halides is 3. The van der Waals surface area contributed by atoms with Gasteiger partial charge in [-0.15, -0.1) is 0 Å². The first kappa shape index (κ1) is 35.4. The molecule has 0 bridgehead atoms. The zero-order valence-electron chi connectivity index (χ0n) is 21.4. The molecule has 1 aliphatic rings. The van der Waals surface area contributed by atoms with E-state index in [1.54, 1.807) is 0 Å². The third kappa shape index (κ3) is 14.2. The van der Waals surface area contributed by atoms with E-state index in [1.807, 2.05) is 0 Å². The number of halogens is 3. The molecule has 17 heteroatoms. The van der Waals surface area contributed by atoms with Crippen LogP contribution in [0.3, 0.4) is 0 Å². The van der Waals surface area contributed by atoms with Crippen LogP contribution >= 0.6 is 0 Å². The van der Waals surface area contributed by atoms with E-state index in [0.29, 0.717) is 6.42 Å². The van der Waals surface area contributed by atoms with Crippen LogP contribution in [0, 0.1) is 0 Å². The van der Waals surface area contributed by atoms with Gasteiger partial charge < -0.3 is 46.7 Å². The molecule has 14 nitrogen and oxygen atoms in total. The molecule has 0 aromatic rings. The van der Waals surface area contributed by atoms with Gasteiger partial charge in [0.2, 0.25) is 11.7 Å². The highest BCUT2D eigenvalue weighted by Gasteiger charge is 2.44. The molecule has 4 unspecified atom stereocenters. The lowest BCUT2D eigenvalue weighted by molar-refractivity contribution is -0.192. The Morgan fingerprint density at radius 3 is 2.15 bits per heavy atom. The second kappa shape index (κ2) is 17.1. The van der Waals surface area contributed by atoms with Crippen LogP contribution < -0.4 is 16.8 Å². The van der Waals surface area contributed by atoms with E-state index < -0.39 is 72.8 Å². The number of nitrogens with zero attached hydrogens (tertiary/aromatic N) is 1. The normalized spacial score (nSPS) is 20.1. The van der Waals surface area contributed by atoms with Crippen LogP contribution in [0.2, 0.25) is 0 Å². The van der Waals surface area contributed by atoms with Crippen molar-refractivity contribution in [2.45, 2.75) is 88.9 Å². The zero-order valence-corrected chi connectivity index (χ0v) is 21.4. The summed E-state index contributed by atoms with van der Waals surface area (Å²) in [6.45, 7) is 2.74. The number of esters is 1.